The predicted molar refractivity (Wildman–Crippen MR) is 102 cm³/mol. The Labute approximate surface area is 167 Å². The van der Waals surface area contributed by atoms with Crippen LogP contribution in [0.5, 0.6) is 0 Å². The van der Waals surface area contributed by atoms with Crippen LogP contribution in [0.3, 0.4) is 0 Å². The number of aromatic nitrogens is 3. The maximum Gasteiger partial charge on any atom is 0.418 e. The molecule has 5 nitrogen and oxygen atoms in total. The molecular formula is C18H14ClF3N4OS. The van der Waals surface area contributed by atoms with Crippen LogP contribution in [0.4, 0.5) is 18.9 Å². The van der Waals surface area contributed by atoms with Crippen molar-refractivity contribution in [2.24, 2.45) is 7.05 Å². The standard InChI is InChI=1S/C18H14ClF3N4OS/c1-26-16(11-5-3-2-4-6-11)24-25-17(26)28-10-15(27)23-14-8-7-12(19)9-13(14)18(20,21)22/h2-9H,10H2,1H3,(H,23,27). The summed E-state index contributed by atoms with van der Waals surface area (Å²) in [5.74, 6) is -0.0941. The molecule has 0 saturated heterocycles. The fraction of sp³-hybridized carbons (Fsp3) is 0.167. The summed E-state index contributed by atoms with van der Waals surface area (Å²) in [5.41, 5.74) is -0.474. The summed E-state index contributed by atoms with van der Waals surface area (Å²) in [6.07, 6.45) is -4.63. The average Bonchev–Trinajstić information content (AvgIpc) is 3.02. The average molecular weight is 427 g/mol. The number of carbonyl (C=O) groups excluding carboxylic acids is 1. The number of alkyl halides is 3. The first-order chi connectivity index (χ1) is 13.3. The van der Waals surface area contributed by atoms with Crippen LogP contribution < -0.4 is 5.32 Å². The minimum absolute atomic E-state index is 0.0628. The monoisotopic (exact) mass is 426 g/mol. The molecule has 0 spiro atoms. The van der Waals surface area contributed by atoms with E-state index in [9.17, 15) is 18.0 Å². The highest BCUT2D eigenvalue weighted by Crippen LogP contribution is 2.36. The van der Waals surface area contributed by atoms with Gasteiger partial charge in [-0.25, -0.2) is 0 Å². The molecule has 0 saturated carbocycles. The minimum atomic E-state index is -4.63. The van der Waals surface area contributed by atoms with Crippen molar-refractivity contribution >= 4 is 35.0 Å². The van der Waals surface area contributed by atoms with Crippen molar-refractivity contribution in [2.75, 3.05) is 11.1 Å². The fourth-order valence-corrected chi connectivity index (χ4v) is 3.34. The first-order valence-electron chi connectivity index (χ1n) is 8.00. The van der Waals surface area contributed by atoms with Gasteiger partial charge in [0.1, 0.15) is 0 Å². The lowest BCUT2D eigenvalue weighted by Gasteiger charge is -2.14. The number of amides is 1. The van der Waals surface area contributed by atoms with Gasteiger partial charge >= 0.3 is 6.18 Å². The molecular weight excluding hydrogens is 413 g/mol. The van der Waals surface area contributed by atoms with Gasteiger partial charge in [-0.15, -0.1) is 10.2 Å². The number of hydrogen-bond donors (Lipinski definition) is 1. The largest absolute Gasteiger partial charge is 0.418 e. The van der Waals surface area contributed by atoms with Gasteiger partial charge in [0.15, 0.2) is 11.0 Å². The lowest BCUT2D eigenvalue weighted by molar-refractivity contribution is -0.137. The molecule has 3 aromatic rings. The number of carbonyl (C=O) groups is 1. The van der Waals surface area contributed by atoms with E-state index < -0.39 is 17.6 Å². The van der Waals surface area contributed by atoms with Crippen molar-refractivity contribution in [3.8, 4) is 11.4 Å². The molecule has 0 radical (unpaired) electrons. The van der Waals surface area contributed by atoms with Crippen LogP contribution in [0.2, 0.25) is 5.02 Å². The second-order valence-electron chi connectivity index (χ2n) is 5.76. The zero-order valence-electron chi connectivity index (χ0n) is 14.5. The molecule has 1 amide bonds. The van der Waals surface area contributed by atoms with E-state index in [-0.39, 0.29) is 16.5 Å². The smallest absolute Gasteiger partial charge is 0.325 e. The highest BCUT2D eigenvalue weighted by Gasteiger charge is 2.34. The normalized spacial score (nSPS) is 11.5. The Morgan fingerprint density at radius 1 is 1.18 bits per heavy atom. The molecule has 0 aliphatic rings. The highest BCUT2D eigenvalue weighted by atomic mass is 35.5. The van der Waals surface area contributed by atoms with E-state index in [1.165, 1.54) is 6.07 Å². The summed E-state index contributed by atoms with van der Waals surface area (Å²) in [5, 5.41) is 10.8. The first kappa shape index (κ1) is 20.2. The van der Waals surface area contributed by atoms with Crippen LogP contribution in [0.25, 0.3) is 11.4 Å². The number of nitrogens with zero attached hydrogens (tertiary/aromatic N) is 3. The van der Waals surface area contributed by atoms with Gasteiger partial charge in [0.05, 0.1) is 17.0 Å². The zero-order valence-corrected chi connectivity index (χ0v) is 16.1. The molecule has 0 bridgehead atoms. The van der Waals surface area contributed by atoms with Gasteiger partial charge in [0, 0.05) is 17.6 Å². The van der Waals surface area contributed by atoms with Crippen molar-refractivity contribution in [1.29, 1.82) is 0 Å². The molecule has 3 rings (SSSR count). The van der Waals surface area contributed by atoms with Crippen LogP contribution in [0.1, 0.15) is 5.56 Å². The molecule has 1 aromatic heterocycles. The molecule has 2 aromatic carbocycles. The summed E-state index contributed by atoms with van der Waals surface area (Å²) in [6.45, 7) is 0. The summed E-state index contributed by atoms with van der Waals surface area (Å²) in [6, 6.07) is 12.6. The van der Waals surface area contributed by atoms with Gasteiger partial charge < -0.3 is 9.88 Å². The van der Waals surface area contributed by atoms with Crippen LogP contribution in [-0.2, 0) is 18.0 Å². The quantitative estimate of drug-likeness (QED) is 0.590. The van der Waals surface area contributed by atoms with E-state index in [0.29, 0.717) is 11.0 Å². The summed E-state index contributed by atoms with van der Waals surface area (Å²) in [7, 11) is 1.75. The highest BCUT2D eigenvalue weighted by molar-refractivity contribution is 7.99. The molecule has 0 aliphatic carbocycles. The Bertz CT molecular complexity index is 992. The third kappa shape index (κ3) is 4.66. The maximum atomic E-state index is 13.1. The molecule has 146 valence electrons. The number of hydrogen-bond acceptors (Lipinski definition) is 4. The van der Waals surface area contributed by atoms with E-state index in [2.05, 4.69) is 15.5 Å². The van der Waals surface area contributed by atoms with E-state index in [1.807, 2.05) is 30.3 Å². The van der Waals surface area contributed by atoms with Crippen LogP contribution in [-0.4, -0.2) is 26.4 Å². The van der Waals surface area contributed by atoms with E-state index in [4.69, 9.17) is 11.6 Å². The SMILES string of the molecule is Cn1c(SCC(=O)Nc2ccc(Cl)cc2C(F)(F)F)nnc1-c1ccccc1. The van der Waals surface area contributed by atoms with E-state index >= 15 is 0 Å². The molecule has 0 fully saturated rings. The third-order valence-electron chi connectivity index (χ3n) is 3.76. The maximum absolute atomic E-state index is 13.1. The number of rotatable bonds is 5. The van der Waals surface area contributed by atoms with Gasteiger partial charge in [0.25, 0.3) is 0 Å². The van der Waals surface area contributed by atoms with Crippen molar-refractivity contribution in [2.45, 2.75) is 11.3 Å². The summed E-state index contributed by atoms with van der Waals surface area (Å²) in [4.78, 5) is 12.1. The Morgan fingerprint density at radius 3 is 2.57 bits per heavy atom. The van der Waals surface area contributed by atoms with Crippen molar-refractivity contribution < 1.29 is 18.0 Å². The number of nitrogens with one attached hydrogen (secondary N) is 1. The Balaban J connectivity index is 1.69. The molecule has 1 heterocycles. The molecule has 0 aliphatic heterocycles. The molecule has 28 heavy (non-hydrogen) atoms. The molecule has 10 heteroatoms. The number of benzene rings is 2. The summed E-state index contributed by atoms with van der Waals surface area (Å²) < 4.78 is 41.0. The van der Waals surface area contributed by atoms with Gasteiger partial charge in [0.2, 0.25) is 5.91 Å². The van der Waals surface area contributed by atoms with Crippen LogP contribution in [0, 0.1) is 0 Å². The van der Waals surface area contributed by atoms with Crippen molar-refractivity contribution in [3.05, 3.63) is 59.1 Å². The topological polar surface area (TPSA) is 59.8 Å². The van der Waals surface area contributed by atoms with E-state index in [0.717, 1.165) is 29.5 Å². The third-order valence-corrected chi connectivity index (χ3v) is 5.02. The predicted octanol–water partition coefficient (Wildman–Crippen LogP) is 4.89. The Morgan fingerprint density at radius 2 is 1.89 bits per heavy atom. The summed E-state index contributed by atoms with van der Waals surface area (Å²) >= 11 is 6.71. The van der Waals surface area contributed by atoms with Gasteiger partial charge in [-0.2, -0.15) is 13.2 Å². The van der Waals surface area contributed by atoms with E-state index in [1.54, 1.807) is 11.6 Å². The van der Waals surface area contributed by atoms with Gasteiger partial charge in [-0.1, -0.05) is 53.7 Å². The number of anilines is 1. The molecule has 0 unspecified atom stereocenters. The minimum Gasteiger partial charge on any atom is -0.325 e. The Hall–Kier alpha value is -2.52. The van der Waals surface area contributed by atoms with Gasteiger partial charge in [-0.3, -0.25) is 4.79 Å². The number of thioether (sulfide) groups is 1. The van der Waals surface area contributed by atoms with Crippen molar-refractivity contribution in [3.63, 3.8) is 0 Å². The molecule has 0 atom stereocenters. The van der Waals surface area contributed by atoms with Gasteiger partial charge in [-0.05, 0) is 18.2 Å². The lowest BCUT2D eigenvalue weighted by Crippen LogP contribution is -2.18. The van der Waals surface area contributed by atoms with Crippen LogP contribution >= 0.6 is 23.4 Å². The van der Waals surface area contributed by atoms with Crippen molar-refractivity contribution in [1.82, 2.24) is 14.8 Å². The second-order valence-corrected chi connectivity index (χ2v) is 7.13. The number of halogens is 4. The molecule has 1 N–H and O–H groups in total. The zero-order chi connectivity index (χ0) is 20.3. The Kier molecular flexibility index (Phi) is 5.95. The first-order valence-corrected chi connectivity index (χ1v) is 9.36. The fourth-order valence-electron chi connectivity index (χ4n) is 2.46. The second kappa shape index (κ2) is 8.24. The van der Waals surface area contributed by atoms with Crippen LogP contribution in [0.15, 0.2) is 53.7 Å². The lowest BCUT2D eigenvalue weighted by atomic mass is 10.1.